The van der Waals surface area contributed by atoms with Crippen LogP contribution in [0.4, 0.5) is 0 Å². The molecule has 2 N–H and O–H groups in total. The van der Waals surface area contributed by atoms with Crippen LogP contribution in [-0.4, -0.2) is 27.9 Å². The number of rotatable bonds is 5. The maximum Gasteiger partial charge on any atom is 0.340 e. The van der Waals surface area contributed by atoms with Gasteiger partial charge in [0, 0.05) is 26.7 Å². The lowest BCUT2D eigenvalue weighted by Gasteiger charge is -2.23. The van der Waals surface area contributed by atoms with Gasteiger partial charge in [0.2, 0.25) is 0 Å². The van der Waals surface area contributed by atoms with Crippen LogP contribution in [0.5, 0.6) is 0 Å². The Bertz CT molecular complexity index is 985. The molecular weight excluding hydrogens is 358 g/mol. The zero-order chi connectivity index (χ0) is 19.8. The highest BCUT2D eigenvalue weighted by atomic mass is 32.2. The molecule has 0 aliphatic rings. The van der Waals surface area contributed by atoms with Crippen LogP contribution in [0.2, 0.25) is 0 Å². The zero-order valence-corrected chi connectivity index (χ0v) is 17.4. The molecule has 27 heavy (non-hydrogen) atoms. The van der Waals surface area contributed by atoms with E-state index >= 15 is 0 Å². The predicted octanol–water partition coefficient (Wildman–Crippen LogP) is 5.37. The van der Waals surface area contributed by atoms with Gasteiger partial charge in [-0.2, -0.15) is 0 Å². The summed E-state index contributed by atoms with van der Waals surface area (Å²) in [4.78, 5) is 16.9. The van der Waals surface area contributed by atoms with Crippen molar-refractivity contribution in [2.24, 2.45) is 0 Å². The first-order valence-electron chi connectivity index (χ1n) is 9.28. The fourth-order valence-electron chi connectivity index (χ4n) is 3.49. The monoisotopic (exact) mass is 385 g/mol. The average molecular weight is 386 g/mol. The first-order chi connectivity index (χ1) is 12.8. The lowest BCUT2D eigenvalue weighted by atomic mass is 9.97. The van der Waals surface area contributed by atoms with E-state index < -0.39 is 17.7 Å². The molecule has 1 unspecified atom stereocenters. The zero-order valence-electron chi connectivity index (χ0n) is 16.6. The Morgan fingerprint density at radius 1 is 1.30 bits per heavy atom. The quantitative estimate of drug-likeness (QED) is 0.458. The number of esters is 1. The highest BCUT2D eigenvalue weighted by Gasteiger charge is 2.28. The van der Waals surface area contributed by atoms with E-state index in [1.807, 2.05) is 24.5 Å². The van der Waals surface area contributed by atoms with E-state index in [1.54, 1.807) is 20.8 Å². The van der Waals surface area contributed by atoms with Crippen molar-refractivity contribution in [2.75, 3.05) is 6.26 Å². The second-order valence-electron chi connectivity index (χ2n) is 7.76. The Morgan fingerprint density at radius 2 is 2.00 bits per heavy atom. The predicted molar refractivity (Wildman–Crippen MR) is 112 cm³/mol. The van der Waals surface area contributed by atoms with E-state index in [0.717, 1.165) is 34.3 Å². The van der Waals surface area contributed by atoms with Gasteiger partial charge in [-0.15, -0.1) is 11.8 Å². The topological polar surface area (TPSA) is 62.3 Å². The molecule has 5 heteroatoms. The number of aliphatic hydroxyl groups is 1. The highest BCUT2D eigenvalue weighted by Crippen LogP contribution is 2.40. The average Bonchev–Trinajstić information content (AvgIpc) is 2.99. The Labute approximate surface area is 164 Å². The molecule has 0 fully saturated rings. The van der Waals surface area contributed by atoms with Crippen molar-refractivity contribution >= 4 is 39.5 Å². The molecule has 3 rings (SSSR count). The van der Waals surface area contributed by atoms with E-state index in [9.17, 15) is 9.90 Å². The molecule has 4 nitrogen and oxygen atoms in total. The minimum absolute atomic E-state index is 0.610. The molecule has 0 bridgehead atoms. The summed E-state index contributed by atoms with van der Waals surface area (Å²) in [5, 5.41) is 13.1. The number of carbonyl (C=O) groups excluding carboxylic acids is 1. The summed E-state index contributed by atoms with van der Waals surface area (Å²) in [5.74, 6) is -0.615. The Kier molecular flexibility index (Phi) is 5.54. The number of H-pyrrole nitrogens is 1. The summed E-state index contributed by atoms with van der Waals surface area (Å²) in [6.45, 7) is 7.54. The molecule has 1 atom stereocenters. The summed E-state index contributed by atoms with van der Waals surface area (Å²) in [6.07, 6.45) is 2.51. The first kappa shape index (κ1) is 19.8. The van der Waals surface area contributed by atoms with Crippen LogP contribution >= 0.6 is 11.8 Å². The van der Waals surface area contributed by atoms with E-state index in [2.05, 4.69) is 24.0 Å². The van der Waals surface area contributed by atoms with Crippen LogP contribution in [0.15, 0.2) is 35.2 Å². The van der Waals surface area contributed by atoms with Crippen LogP contribution in [-0.2, 0) is 16.0 Å². The number of thioether (sulfide) groups is 1. The molecule has 0 spiro atoms. The fraction of sp³-hybridized carbons (Fsp3) is 0.409. The lowest BCUT2D eigenvalue weighted by Crippen LogP contribution is -2.28. The van der Waals surface area contributed by atoms with E-state index in [4.69, 9.17) is 4.74 Å². The number of aromatic nitrogens is 1. The number of hydrogen-bond acceptors (Lipinski definition) is 4. The van der Waals surface area contributed by atoms with Gasteiger partial charge >= 0.3 is 5.97 Å². The molecule has 2 aromatic carbocycles. The molecule has 0 radical (unpaired) electrons. The Hall–Kier alpha value is -1.98. The number of aromatic amines is 1. The third kappa shape index (κ3) is 3.85. The summed E-state index contributed by atoms with van der Waals surface area (Å²) >= 11 is 1.53. The third-order valence-electron chi connectivity index (χ3n) is 4.49. The van der Waals surface area contributed by atoms with E-state index in [1.165, 1.54) is 22.5 Å². The minimum atomic E-state index is -1.31. The van der Waals surface area contributed by atoms with Crippen LogP contribution in [0.25, 0.3) is 21.8 Å². The third-order valence-corrected chi connectivity index (χ3v) is 5.34. The summed E-state index contributed by atoms with van der Waals surface area (Å²) in [7, 11) is 0. The largest absolute Gasteiger partial charge is 0.458 e. The van der Waals surface area contributed by atoms with Crippen molar-refractivity contribution < 1.29 is 14.6 Å². The number of ether oxygens (including phenoxy) is 1. The van der Waals surface area contributed by atoms with Gasteiger partial charge in [-0.05, 0) is 45.1 Å². The fourth-order valence-corrected chi connectivity index (χ4v) is 4.25. The second-order valence-corrected chi connectivity index (χ2v) is 8.58. The lowest BCUT2D eigenvalue weighted by molar-refractivity contribution is -0.165. The van der Waals surface area contributed by atoms with E-state index in [-0.39, 0.29) is 0 Å². The summed E-state index contributed by atoms with van der Waals surface area (Å²) in [6, 6.07) is 10.2. The number of fused-ring (bicyclic) bond motifs is 3. The normalized spacial score (nSPS) is 13.3. The van der Waals surface area contributed by atoms with Gasteiger partial charge in [-0.1, -0.05) is 37.6 Å². The van der Waals surface area contributed by atoms with Crippen molar-refractivity contribution in [1.82, 2.24) is 4.98 Å². The van der Waals surface area contributed by atoms with Gasteiger partial charge in [0.15, 0.2) is 6.10 Å². The Morgan fingerprint density at radius 3 is 2.63 bits per heavy atom. The van der Waals surface area contributed by atoms with Gasteiger partial charge in [0.05, 0.1) is 5.52 Å². The molecule has 1 heterocycles. The number of aliphatic hydroxyl groups excluding tert-OH is 1. The number of carbonyl (C=O) groups is 1. The summed E-state index contributed by atoms with van der Waals surface area (Å²) in [5.41, 5.74) is 3.14. The molecule has 0 aliphatic heterocycles. The molecule has 144 valence electrons. The van der Waals surface area contributed by atoms with Crippen LogP contribution in [0, 0.1) is 0 Å². The maximum atomic E-state index is 12.5. The maximum absolute atomic E-state index is 12.5. The number of hydrogen-bond donors (Lipinski definition) is 2. The number of benzene rings is 2. The molecule has 0 saturated heterocycles. The first-order valence-corrected chi connectivity index (χ1v) is 10.5. The van der Waals surface area contributed by atoms with Crippen molar-refractivity contribution in [3.63, 3.8) is 0 Å². The van der Waals surface area contributed by atoms with Crippen molar-refractivity contribution in [2.45, 2.75) is 57.1 Å². The van der Waals surface area contributed by atoms with Gasteiger partial charge in [-0.3, -0.25) is 0 Å². The number of nitrogens with one attached hydrogen (secondary N) is 1. The smallest absolute Gasteiger partial charge is 0.340 e. The van der Waals surface area contributed by atoms with Crippen molar-refractivity contribution in [3.8, 4) is 0 Å². The molecule has 3 aromatic rings. The highest BCUT2D eigenvalue weighted by molar-refractivity contribution is 7.98. The van der Waals surface area contributed by atoms with Crippen LogP contribution in [0.3, 0.4) is 0 Å². The van der Waals surface area contributed by atoms with Gasteiger partial charge in [0.25, 0.3) is 0 Å². The molecular formula is C22H27NO3S. The SMILES string of the molecule is CCCc1cc(C(O)C(=O)OC(C)(C)C)c(SC)c2[nH]c3ccccc3c12. The minimum Gasteiger partial charge on any atom is -0.458 e. The van der Waals surface area contributed by atoms with Gasteiger partial charge < -0.3 is 14.8 Å². The van der Waals surface area contributed by atoms with Gasteiger partial charge in [0.1, 0.15) is 5.60 Å². The van der Waals surface area contributed by atoms with E-state index in [0.29, 0.717) is 5.56 Å². The van der Waals surface area contributed by atoms with Crippen molar-refractivity contribution in [3.05, 3.63) is 41.5 Å². The summed E-state index contributed by atoms with van der Waals surface area (Å²) < 4.78 is 5.42. The van der Waals surface area contributed by atoms with Crippen LogP contribution in [0.1, 0.15) is 51.3 Å². The molecule has 0 saturated carbocycles. The second kappa shape index (κ2) is 7.56. The molecule has 0 aliphatic carbocycles. The van der Waals surface area contributed by atoms with Crippen molar-refractivity contribution in [1.29, 1.82) is 0 Å². The van der Waals surface area contributed by atoms with Crippen LogP contribution < -0.4 is 0 Å². The molecule has 1 aromatic heterocycles. The van der Waals surface area contributed by atoms with Gasteiger partial charge in [-0.25, -0.2) is 4.79 Å². The Balaban J connectivity index is 2.24. The molecule has 0 amide bonds. The standard InChI is InChI=1S/C22H27NO3S/c1-6-9-13-12-15(19(24)21(25)26-22(2,3)4)20(27-5)18-17(13)14-10-7-8-11-16(14)23-18/h7-8,10-12,19,23-24H,6,9H2,1-5H3. The number of para-hydroxylation sites is 1. The number of aryl methyl sites for hydroxylation is 1.